The molecule has 0 aliphatic rings. The Hall–Kier alpha value is -1.77. The fraction of sp³-hybridized carbons (Fsp3) is 0.357. The standard InChI is InChI=1S/C14H19NO2/c1-6-10-7-13(17)12(15-9(2)16)8-11(10)14(3,4)5/h6-8,17H,1H2,2-5H3,(H,15,16). The van der Waals surface area contributed by atoms with E-state index < -0.39 is 0 Å². The van der Waals surface area contributed by atoms with Crippen LogP contribution in [0.15, 0.2) is 18.7 Å². The van der Waals surface area contributed by atoms with Crippen LogP contribution in [-0.4, -0.2) is 11.0 Å². The van der Waals surface area contributed by atoms with Gasteiger partial charge >= 0.3 is 0 Å². The molecule has 1 amide bonds. The number of amides is 1. The van der Waals surface area contributed by atoms with Gasteiger partial charge in [0.15, 0.2) is 0 Å². The van der Waals surface area contributed by atoms with Gasteiger partial charge in [0.05, 0.1) is 5.69 Å². The Bertz CT molecular complexity index is 456. The van der Waals surface area contributed by atoms with E-state index in [0.29, 0.717) is 5.69 Å². The Labute approximate surface area is 102 Å². The fourth-order valence-corrected chi connectivity index (χ4v) is 1.71. The second-order valence-corrected chi connectivity index (χ2v) is 5.09. The number of phenolic OH excluding ortho intramolecular Hbond substituents is 1. The predicted octanol–water partition coefficient (Wildman–Crippen LogP) is 3.29. The Kier molecular flexibility index (Phi) is 3.61. The van der Waals surface area contributed by atoms with E-state index in [1.165, 1.54) is 6.92 Å². The maximum atomic E-state index is 11.0. The molecule has 3 nitrogen and oxygen atoms in total. The van der Waals surface area contributed by atoms with E-state index >= 15 is 0 Å². The summed E-state index contributed by atoms with van der Waals surface area (Å²) >= 11 is 0. The molecule has 0 saturated heterocycles. The van der Waals surface area contributed by atoms with Crippen molar-refractivity contribution in [3.63, 3.8) is 0 Å². The van der Waals surface area contributed by atoms with Crippen molar-refractivity contribution in [3.8, 4) is 5.75 Å². The van der Waals surface area contributed by atoms with E-state index in [2.05, 4.69) is 32.7 Å². The van der Waals surface area contributed by atoms with Crippen molar-refractivity contribution in [1.29, 1.82) is 0 Å². The average molecular weight is 233 g/mol. The van der Waals surface area contributed by atoms with Gasteiger partial charge in [-0.05, 0) is 28.7 Å². The number of benzene rings is 1. The molecule has 0 unspecified atom stereocenters. The van der Waals surface area contributed by atoms with Crippen molar-refractivity contribution < 1.29 is 9.90 Å². The van der Waals surface area contributed by atoms with Gasteiger partial charge < -0.3 is 10.4 Å². The second-order valence-electron chi connectivity index (χ2n) is 5.09. The maximum absolute atomic E-state index is 11.0. The number of carbonyl (C=O) groups is 1. The van der Waals surface area contributed by atoms with Gasteiger partial charge in [-0.1, -0.05) is 33.4 Å². The Morgan fingerprint density at radius 3 is 2.41 bits per heavy atom. The first-order valence-electron chi connectivity index (χ1n) is 5.53. The average Bonchev–Trinajstić information content (AvgIpc) is 2.18. The highest BCUT2D eigenvalue weighted by molar-refractivity contribution is 5.91. The molecule has 0 fully saturated rings. The Morgan fingerprint density at radius 2 is 2.00 bits per heavy atom. The number of anilines is 1. The minimum Gasteiger partial charge on any atom is -0.506 e. The monoisotopic (exact) mass is 233 g/mol. The summed E-state index contributed by atoms with van der Waals surface area (Å²) in [6, 6.07) is 3.42. The molecule has 0 bridgehead atoms. The molecule has 3 heteroatoms. The first-order chi connectivity index (χ1) is 7.75. The number of carbonyl (C=O) groups excluding carboxylic acids is 1. The summed E-state index contributed by atoms with van der Waals surface area (Å²) in [5.41, 5.74) is 2.27. The van der Waals surface area contributed by atoms with Crippen molar-refractivity contribution in [1.82, 2.24) is 0 Å². The molecular formula is C14H19NO2. The number of phenols is 1. The summed E-state index contributed by atoms with van der Waals surface area (Å²) in [7, 11) is 0. The number of hydrogen-bond acceptors (Lipinski definition) is 2. The van der Waals surface area contributed by atoms with E-state index in [1.54, 1.807) is 18.2 Å². The van der Waals surface area contributed by atoms with Crippen LogP contribution < -0.4 is 5.32 Å². The van der Waals surface area contributed by atoms with Gasteiger partial charge in [-0.25, -0.2) is 0 Å². The lowest BCUT2D eigenvalue weighted by atomic mass is 9.83. The highest BCUT2D eigenvalue weighted by atomic mass is 16.3. The largest absolute Gasteiger partial charge is 0.506 e. The SMILES string of the molecule is C=Cc1cc(O)c(NC(C)=O)cc1C(C)(C)C. The van der Waals surface area contributed by atoms with Crippen molar-refractivity contribution in [3.05, 3.63) is 29.8 Å². The Morgan fingerprint density at radius 1 is 1.41 bits per heavy atom. The van der Waals surface area contributed by atoms with E-state index in [9.17, 15) is 9.90 Å². The lowest BCUT2D eigenvalue weighted by Crippen LogP contribution is -2.14. The number of hydrogen-bond donors (Lipinski definition) is 2. The highest BCUT2D eigenvalue weighted by Crippen LogP contribution is 2.34. The first-order valence-corrected chi connectivity index (χ1v) is 5.53. The number of aromatic hydroxyl groups is 1. The van der Waals surface area contributed by atoms with E-state index in [1.807, 2.05) is 0 Å². The van der Waals surface area contributed by atoms with Crippen LogP contribution in [0.4, 0.5) is 5.69 Å². The van der Waals surface area contributed by atoms with Crippen LogP contribution >= 0.6 is 0 Å². The number of nitrogens with one attached hydrogen (secondary N) is 1. The topological polar surface area (TPSA) is 49.3 Å². The van der Waals surface area contributed by atoms with Crippen LogP contribution in [0.25, 0.3) is 6.08 Å². The highest BCUT2D eigenvalue weighted by Gasteiger charge is 2.19. The van der Waals surface area contributed by atoms with Crippen molar-refractivity contribution in [2.45, 2.75) is 33.1 Å². The quantitative estimate of drug-likeness (QED) is 0.770. The van der Waals surface area contributed by atoms with Gasteiger partial charge in [0.25, 0.3) is 0 Å². The van der Waals surface area contributed by atoms with Crippen LogP contribution in [0.5, 0.6) is 5.75 Å². The molecule has 0 saturated carbocycles. The third-order valence-corrected chi connectivity index (χ3v) is 2.51. The molecule has 0 atom stereocenters. The zero-order chi connectivity index (χ0) is 13.2. The van der Waals surface area contributed by atoms with Gasteiger partial charge in [-0.3, -0.25) is 4.79 Å². The molecule has 2 N–H and O–H groups in total. The Balaban J connectivity index is 3.37. The lowest BCUT2D eigenvalue weighted by Gasteiger charge is -2.23. The molecule has 1 rings (SSSR count). The minimum absolute atomic E-state index is 0.0584. The fourth-order valence-electron chi connectivity index (χ4n) is 1.71. The zero-order valence-electron chi connectivity index (χ0n) is 10.8. The molecule has 0 spiro atoms. The van der Waals surface area contributed by atoms with Gasteiger partial charge in [-0.15, -0.1) is 0 Å². The molecule has 0 aliphatic heterocycles. The predicted molar refractivity (Wildman–Crippen MR) is 71.2 cm³/mol. The molecule has 0 aliphatic carbocycles. The summed E-state index contributed by atoms with van der Waals surface area (Å²) < 4.78 is 0. The van der Waals surface area contributed by atoms with E-state index in [-0.39, 0.29) is 17.1 Å². The summed E-state index contributed by atoms with van der Waals surface area (Å²) in [4.78, 5) is 11.0. The molecule has 1 aromatic rings. The maximum Gasteiger partial charge on any atom is 0.221 e. The van der Waals surface area contributed by atoms with Crippen LogP contribution in [0.3, 0.4) is 0 Å². The van der Waals surface area contributed by atoms with Gasteiger partial charge in [0, 0.05) is 6.92 Å². The first kappa shape index (κ1) is 13.3. The van der Waals surface area contributed by atoms with Gasteiger partial charge in [0.1, 0.15) is 5.75 Å². The van der Waals surface area contributed by atoms with Crippen LogP contribution in [-0.2, 0) is 10.2 Å². The summed E-state index contributed by atoms with van der Waals surface area (Å²) in [6.45, 7) is 11.4. The normalized spacial score (nSPS) is 11.1. The van der Waals surface area contributed by atoms with Crippen LogP contribution in [0, 0.1) is 0 Å². The zero-order valence-corrected chi connectivity index (χ0v) is 10.8. The summed E-state index contributed by atoms with van der Waals surface area (Å²) in [5.74, 6) is -0.144. The van der Waals surface area contributed by atoms with Crippen molar-refractivity contribution in [2.75, 3.05) is 5.32 Å². The molecule has 1 aromatic carbocycles. The van der Waals surface area contributed by atoms with Gasteiger partial charge in [-0.2, -0.15) is 0 Å². The van der Waals surface area contributed by atoms with E-state index in [4.69, 9.17) is 0 Å². The molecule has 0 radical (unpaired) electrons. The lowest BCUT2D eigenvalue weighted by molar-refractivity contribution is -0.114. The third-order valence-electron chi connectivity index (χ3n) is 2.51. The van der Waals surface area contributed by atoms with Crippen molar-refractivity contribution in [2.24, 2.45) is 0 Å². The molecule has 0 aromatic heterocycles. The summed E-state index contributed by atoms with van der Waals surface area (Å²) in [6.07, 6.45) is 1.71. The smallest absolute Gasteiger partial charge is 0.221 e. The molecule has 92 valence electrons. The summed E-state index contributed by atoms with van der Waals surface area (Å²) in [5, 5.41) is 12.4. The molecule has 0 heterocycles. The minimum atomic E-state index is -0.202. The van der Waals surface area contributed by atoms with Crippen LogP contribution in [0.1, 0.15) is 38.8 Å². The van der Waals surface area contributed by atoms with E-state index in [0.717, 1.165) is 11.1 Å². The second kappa shape index (κ2) is 4.62. The van der Waals surface area contributed by atoms with Gasteiger partial charge in [0.2, 0.25) is 5.91 Å². The number of rotatable bonds is 2. The molecule has 17 heavy (non-hydrogen) atoms. The third kappa shape index (κ3) is 3.09. The molecular weight excluding hydrogens is 214 g/mol. The van der Waals surface area contributed by atoms with Crippen LogP contribution in [0.2, 0.25) is 0 Å². The van der Waals surface area contributed by atoms with Crippen molar-refractivity contribution >= 4 is 17.7 Å².